The van der Waals surface area contributed by atoms with E-state index in [-0.39, 0.29) is 0 Å². The van der Waals surface area contributed by atoms with Gasteiger partial charge in [0, 0.05) is 33.3 Å². The molecule has 1 heterocycles. The van der Waals surface area contributed by atoms with Gasteiger partial charge in [0.05, 0.1) is 11.1 Å². The minimum Gasteiger partial charge on any atom is -0.456 e. The molecule has 1 aliphatic carbocycles. The number of rotatable bonds is 8. The molecule has 0 aliphatic heterocycles. The van der Waals surface area contributed by atoms with Crippen molar-refractivity contribution >= 4 is 38.8 Å². The zero-order valence-corrected chi connectivity index (χ0v) is 34.5. The number of anilines is 3. The van der Waals surface area contributed by atoms with Crippen molar-refractivity contribution in [3.63, 3.8) is 0 Å². The maximum atomic E-state index is 6.83. The van der Waals surface area contributed by atoms with Crippen LogP contribution in [0.3, 0.4) is 0 Å². The number of furan rings is 1. The van der Waals surface area contributed by atoms with Crippen molar-refractivity contribution in [3.05, 3.63) is 271 Å². The van der Waals surface area contributed by atoms with E-state index in [9.17, 15) is 0 Å². The van der Waals surface area contributed by atoms with Gasteiger partial charge in [0.15, 0.2) is 0 Å². The van der Waals surface area contributed by atoms with E-state index in [0.717, 1.165) is 50.5 Å². The van der Waals surface area contributed by atoms with E-state index in [0.29, 0.717) is 0 Å². The fourth-order valence-corrected chi connectivity index (χ4v) is 10.1. The van der Waals surface area contributed by atoms with Gasteiger partial charge in [-0.15, -0.1) is 0 Å². The van der Waals surface area contributed by atoms with Crippen LogP contribution in [0.4, 0.5) is 17.1 Å². The van der Waals surface area contributed by atoms with Gasteiger partial charge in [0.1, 0.15) is 11.3 Å². The van der Waals surface area contributed by atoms with Crippen molar-refractivity contribution < 1.29 is 4.42 Å². The Kier molecular flexibility index (Phi) is 8.76. The minimum absolute atomic E-state index is 0.595. The van der Waals surface area contributed by atoms with E-state index in [2.05, 4.69) is 254 Å². The van der Waals surface area contributed by atoms with Crippen LogP contribution in [0.15, 0.2) is 253 Å². The highest BCUT2D eigenvalue weighted by molar-refractivity contribution is 6.01. The number of hydrogen-bond donors (Lipinski definition) is 0. The monoisotopic (exact) mass is 803 g/mol. The summed E-state index contributed by atoms with van der Waals surface area (Å²) < 4.78 is 6.83. The lowest BCUT2D eigenvalue weighted by atomic mass is 9.65. The van der Waals surface area contributed by atoms with Crippen molar-refractivity contribution in [1.29, 1.82) is 0 Å². The molecular weight excluding hydrogens is 763 g/mol. The lowest BCUT2D eigenvalue weighted by Crippen LogP contribution is -2.29. The van der Waals surface area contributed by atoms with Crippen molar-refractivity contribution in [3.8, 4) is 44.7 Å². The zero-order valence-electron chi connectivity index (χ0n) is 34.5. The highest BCUT2D eigenvalue weighted by atomic mass is 16.3. The van der Waals surface area contributed by atoms with E-state index in [1.807, 2.05) is 0 Å². The number of para-hydroxylation sites is 1. The third kappa shape index (κ3) is 5.95. The molecule has 0 atom stereocenters. The van der Waals surface area contributed by atoms with E-state index >= 15 is 0 Å². The zero-order chi connectivity index (χ0) is 41.7. The molecule has 10 aromatic carbocycles. The number of nitrogens with zero attached hydrogens (tertiary/aromatic N) is 1. The molecule has 0 radical (unpaired) electrons. The minimum atomic E-state index is -0.595. The third-order valence-corrected chi connectivity index (χ3v) is 13.0. The molecule has 0 bridgehead atoms. The molecule has 63 heavy (non-hydrogen) atoms. The van der Waals surface area contributed by atoms with Crippen molar-refractivity contribution in [2.75, 3.05) is 4.90 Å². The highest BCUT2D eigenvalue weighted by Gasteiger charge is 2.50. The van der Waals surface area contributed by atoms with Crippen LogP contribution < -0.4 is 4.90 Å². The molecule has 0 N–H and O–H groups in total. The van der Waals surface area contributed by atoms with Crippen LogP contribution in [0.25, 0.3) is 66.4 Å². The van der Waals surface area contributed by atoms with Gasteiger partial charge in [-0.1, -0.05) is 212 Å². The van der Waals surface area contributed by atoms with E-state index < -0.39 is 5.41 Å². The Balaban J connectivity index is 0.949. The molecule has 12 rings (SSSR count). The van der Waals surface area contributed by atoms with E-state index in [1.165, 1.54) is 55.3 Å². The first-order valence-corrected chi connectivity index (χ1v) is 21.7. The molecule has 11 aromatic rings. The molecule has 1 aliphatic rings. The van der Waals surface area contributed by atoms with Gasteiger partial charge in [-0.2, -0.15) is 0 Å². The summed E-state index contributed by atoms with van der Waals surface area (Å²) in [7, 11) is 0. The molecule has 296 valence electrons. The van der Waals surface area contributed by atoms with E-state index in [1.54, 1.807) is 0 Å². The van der Waals surface area contributed by atoms with Gasteiger partial charge in [0.25, 0.3) is 0 Å². The topological polar surface area (TPSA) is 16.4 Å². The summed E-state index contributed by atoms with van der Waals surface area (Å²) in [5.74, 6) is 0.946. The molecule has 2 heteroatoms. The molecular formula is C61H41NO. The van der Waals surface area contributed by atoms with Crippen molar-refractivity contribution in [2.24, 2.45) is 0 Å². The second-order valence-corrected chi connectivity index (χ2v) is 16.4. The largest absolute Gasteiger partial charge is 0.456 e. The second-order valence-electron chi connectivity index (χ2n) is 16.4. The SMILES string of the molecule is c1ccc(-c2ccc(N(c3ccc(-c4ccc(-c5cccc6c5C(c5ccccc5)(c5ccccc5)c5c-6oc6ccccc56)cc4)cc3)c3cccc4ccccc34)cc2)cc1. The summed E-state index contributed by atoms with van der Waals surface area (Å²) in [6.07, 6.45) is 0. The molecule has 0 unspecified atom stereocenters. The lowest BCUT2D eigenvalue weighted by Gasteiger charge is -2.34. The van der Waals surface area contributed by atoms with E-state index in [4.69, 9.17) is 4.42 Å². The standard InChI is InChI=1S/C61H41NO/c1-4-16-42(17-5-1)44-34-38-50(39-35-44)62(56-28-14-19-46-18-10-11-24-52(46)56)51-40-36-45(37-41-51)43-30-32-47(33-31-43)53-26-15-27-55-58(53)61(48-20-6-2-7-21-48,49-22-8-3-9-23-49)59-54-25-12-13-29-57(54)63-60(55)59/h1-41H. The predicted molar refractivity (Wildman–Crippen MR) is 262 cm³/mol. The molecule has 0 spiro atoms. The summed E-state index contributed by atoms with van der Waals surface area (Å²) >= 11 is 0. The van der Waals surface area contributed by atoms with Gasteiger partial charge in [-0.3, -0.25) is 0 Å². The summed E-state index contributed by atoms with van der Waals surface area (Å²) in [5.41, 5.74) is 16.8. The first-order valence-electron chi connectivity index (χ1n) is 21.7. The van der Waals surface area contributed by atoms with Crippen LogP contribution in [0.2, 0.25) is 0 Å². The summed E-state index contributed by atoms with van der Waals surface area (Å²) in [5, 5.41) is 3.56. The van der Waals surface area contributed by atoms with Crippen LogP contribution in [0.1, 0.15) is 22.3 Å². The number of hydrogen-bond acceptors (Lipinski definition) is 2. The first-order chi connectivity index (χ1) is 31.3. The average molecular weight is 804 g/mol. The Labute approximate surface area is 367 Å². The summed E-state index contributed by atoms with van der Waals surface area (Å²) in [6.45, 7) is 0. The first kappa shape index (κ1) is 36.6. The van der Waals surface area contributed by atoms with Gasteiger partial charge < -0.3 is 9.32 Å². The normalized spacial score (nSPS) is 12.6. The quantitative estimate of drug-likeness (QED) is 0.152. The fourth-order valence-electron chi connectivity index (χ4n) is 10.1. The number of benzene rings is 10. The fraction of sp³-hybridized carbons (Fsp3) is 0.0164. The Hall–Kier alpha value is -8.20. The molecule has 2 nitrogen and oxygen atoms in total. The summed E-state index contributed by atoms with van der Waals surface area (Å²) in [6, 6.07) is 89.9. The number of fused-ring (bicyclic) bond motifs is 6. The summed E-state index contributed by atoms with van der Waals surface area (Å²) in [4.78, 5) is 2.37. The molecule has 0 fully saturated rings. The van der Waals surface area contributed by atoms with Crippen molar-refractivity contribution in [1.82, 2.24) is 0 Å². The van der Waals surface area contributed by atoms with Gasteiger partial charge >= 0.3 is 0 Å². The van der Waals surface area contributed by atoms with Gasteiger partial charge in [-0.05, 0) is 91.9 Å². The predicted octanol–water partition coefficient (Wildman–Crippen LogP) is 16.4. The lowest BCUT2D eigenvalue weighted by molar-refractivity contribution is 0.628. The van der Waals surface area contributed by atoms with Crippen LogP contribution in [-0.2, 0) is 5.41 Å². The highest BCUT2D eigenvalue weighted by Crippen LogP contribution is 2.61. The second kappa shape index (κ2) is 15.1. The Morgan fingerprint density at radius 2 is 0.778 bits per heavy atom. The maximum Gasteiger partial charge on any atom is 0.140 e. The van der Waals surface area contributed by atoms with Crippen molar-refractivity contribution in [2.45, 2.75) is 5.41 Å². The Morgan fingerprint density at radius 1 is 0.317 bits per heavy atom. The Morgan fingerprint density at radius 3 is 1.41 bits per heavy atom. The van der Waals surface area contributed by atoms with Crippen LogP contribution in [-0.4, -0.2) is 0 Å². The van der Waals surface area contributed by atoms with Crippen LogP contribution in [0.5, 0.6) is 0 Å². The third-order valence-electron chi connectivity index (χ3n) is 13.0. The smallest absolute Gasteiger partial charge is 0.140 e. The molecule has 1 aromatic heterocycles. The average Bonchev–Trinajstić information content (AvgIpc) is 3.89. The molecule has 0 saturated carbocycles. The molecule has 0 amide bonds. The molecule has 0 saturated heterocycles. The van der Waals surface area contributed by atoms with Crippen LogP contribution >= 0.6 is 0 Å². The van der Waals surface area contributed by atoms with Gasteiger partial charge in [-0.25, -0.2) is 0 Å². The van der Waals surface area contributed by atoms with Gasteiger partial charge in [0.2, 0.25) is 0 Å². The maximum absolute atomic E-state index is 6.83. The van der Waals surface area contributed by atoms with Crippen LogP contribution in [0, 0.1) is 0 Å². The Bertz CT molecular complexity index is 3360.